The molecule has 0 aliphatic carbocycles. The standard InChI is InChI=1S/C22H27FN2O2/c1-15(2)16-6-9-18(10-7-16)24-19-5-4-12-25(14-19)22(26)17-8-11-21(27-3)20(23)13-17/h6-11,13,15,19,24H,4-5,12,14H2,1-3H3/t19-/m0/s1. The lowest BCUT2D eigenvalue weighted by molar-refractivity contribution is 0.0714. The Labute approximate surface area is 160 Å². The number of methoxy groups -OCH3 is 1. The van der Waals surface area contributed by atoms with Crippen LogP contribution >= 0.6 is 0 Å². The van der Waals surface area contributed by atoms with Crippen molar-refractivity contribution in [1.29, 1.82) is 0 Å². The predicted octanol–water partition coefficient (Wildman–Crippen LogP) is 4.67. The van der Waals surface area contributed by atoms with Gasteiger partial charge in [-0.05, 0) is 54.7 Å². The third-order valence-electron chi connectivity index (χ3n) is 5.06. The molecule has 1 aliphatic heterocycles. The van der Waals surface area contributed by atoms with Gasteiger partial charge in [-0.3, -0.25) is 4.79 Å². The smallest absolute Gasteiger partial charge is 0.254 e. The van der Waals surface area contributed by atoms with Gasteiger partial charge >= 0.3 is 0 Å². The largest absolute Gasteiger partial charge is 0.494 e. The molecule has 0 spiro atoms. The van der Waals surface area contributed by atoms with Crippen molar-refractivity contribution in [2.75, 3.05) is 25.5 Å². The summed E-state index contributed by atoms with van der Waals surface area (Å²) in [7, 11) is 1.41. The molecule has 5 heteroatoms. The van der Waals surface area contributed by atoms with Gasteiger partial charge in [-0.2, -0.15) is 0 Å². The summed E-state index contributed by atoms with van der Waals surface area (Å²) in [6, 6.07) is 13.0. The molecule has 1 amide bonds. The highest BCUT2D eigenvalue weighted by Gasteiger charge is 2.25. The maximum Gasteiger partial charge on any atom is 0.254 e. The number of ether oxygens (including phenoxy) is 1. The van der Waals surface area contributed by atoms with Gasteiger partial charge in [0.05, 0.1) is 7.11 Å². The van der Waals surface area contributed by atoms with Crippen LogP contribution in [0.2, 0.25) is 0 Å². The van der Waals surface area contributed by atoms with E-state index in [0.717, 1.165) is 18.5 Å². The zero-order valence-electron chi connectivity index (χ0n) is 16.2. The molecular formula is C22H27FN2O2. The highest BCUT2D eigenvalue weighted by Crippen LogP contribution is 2.22. The quantitative estimate of drug-likeness (QED) is 0.831. The lowest BCUT2D eigenvalue weighted by atomic mass is 10.0. The van der Waals surface area contributed by atoms with Crippen LogP contribution in [0, 0.1) is 5.82 Å². The Hall–Kier alpha value is -2.56. The fourth-order valence-corrected chi connectivity index (χ4v) is 3.46. The molecule has 0 unspecified atom stereocenters. The van der Waals surface area contributed by atoms with Crippen molar-refractivity contribution in [3.8, 4) is 5.75 Å². The second kappa shape index (κ2) is 8.42. The highest BCUT2D eigenvalue weighted by atomic mass is 19.1. The molecule has 1 atom stereocenters. The Bertz CT molecular complexity index is 789. The first-order valence-corrected chi connectivity index (χ1v) is 9.47. The van der Waals surface area contributed by atoms with Crippen LogP contribution in [-0.2, 0) is 0 Å². The van der Waals surface area contributed by atoms with Crippen molar-refractivity contribution in [2.45, 2.75) is 38.6 Å². The zero-order valence-corrected chi connectivity index (χ0v) is 16.2. The summed E-state index contributed by atoms with van der Waals surface area (Å²) in [5.74, 6) is -0.000182. The molecule has 4 nitrogen and oxygen atoms in total. The SMILES string of the molecule is COc1ccc(C(=O)N2CCC[C@H](Nc3ccc(C(C)C)cc3)C2)cc1F. The predicted molar refractivity (Wildman–Crippen MR) is 106 cm³/mol. The summed E-state index contributed by atoms with van der Waals surface area (Å²) in [5.41, 5.74) is 2.73. The van der Waals surface area contributed by atoms with Crippen molar-refractivity contribution in [1.82, 2.24) is 4.90 Å². The molecule has 0 bridgehead atoms. The van der Waals surface area contributed by atoms with Crippen molar-refractivity contribution in [2.24, 2.45) is 0 Å². The van der Waals surface area contributed by atoms with E-state index < -0.39 is 5.82 Å². The van der Waals surface area contributed by atoms with Crippen molar-refractivity contribution >= 4 is 11.6 Å². The number of likely N-dealkylation sites (tertiary alicyclic amines) is 1. The molecule has 1 aliphatic rings. The molecule has 0 radical (unpaired) electrons. The number of carbonyl (C=O) groups excluding carboxylic acids is 1. The highest BCUT2D eigenvalue weighted by molar-refractivity contribution is 5.94. The Morgan fingerprint density at radius 1 is 1.22 bits per heavy atom. The minimum Gasteiger partial charge on any atom is -0.494 e. The Kier molecular flexibility index (Phi) is 5.99. The number of benzene rings is 2. The Morgan fingerprint density at radius 3 is 2.59 bits per heavy atom. The number of piperidine rings is 1. The maximum atomic E-state index is 13.9. The Morgan fingerprint density at radius 2 is 1.96 bits per heavy atom. The summed E-state index contributed by atoms with van der Waals surface area (Å²) < 4.78 is 18.8. The molecule has 1 saturated heterocycles. The fraction of sp³-hybridized carbons (Fsp3) is 0.409. The molecule has 1 N–H and O–H groups in total. The first kappa shape index (κ1) is 19.2. The van der Waals surface area contributed by atoms with Gasteiger partial charge in [0.15, 0.2) is 11.6 Å². The summed E-state index contributed by atoms with van der Waals surface area (Å²) in [6.07, 6.45) is 1.93. The molecule has 0 aromatic heterocycles. The molecule has 2 aromatic carbocycles. The number of carbonyl (C=O) groups is 1. The van der Waals surface area contributed by atoms with Crippen LogP contribution in [0.4, 0.5) is 10.1 Å². The molecule has 0 saturated carbocycles. The van der Waals surface area contributed by atoms with Crippen molar-refractivity contribution < 1.29 is 13.9 Å². The third-order valence-corrected chi connectivity index (χ3v) is 5.06. The van der Waals surface area contributed by atoms with Crippen molar-refractivity contribution in [3.63, 3.8) is 0 Å². The number of halogens is 1. The molecule has 1 fully saturated rings. The minimum absolute atomic E-state index is 0.141. The number of rotatable bonds is 5. The number of anilines is 1. The van der Waals surface area contributed by atoms with E-state index in [1.807, 2.05) is 0 Å². The van der Waals surface area contributed by atoms with Gasteiger partial charge in [0.1, 0.15) is 0 Å². The maximum absolute atomic E-state index is 13.9. The van der Waals surface area contributed by atoms with Gasteiger partial charge in [-0.25, -0.2) is 4.39 Å². The number of hydrogen-bond donors (Lipinski definition) is 1. The van der Waals surface area contributed by atoms with E-state index in [1.54, 1.807) is 11.0 Å². The molecule has 1 heterocycles. The van der Waals surface area contributed by atoms with E-state index in [0.29, 0.717) is 24.6 Å². The van der Waals surface area contributed by atoms with Gasteiger partial charge in [0.2, 0.25) is 0 Å². The topological polar surface area (TPSA) is 41.6 Å². The summed E-state index contributed by atoms with van der Waals surface area (Å²) in [6.45, 7) is 5.65. The van der Waals surface area contributed by atoms with Crippen LogP contribution in [-0.4, -0.2) is 37.0 Å². The van der Waals surface area contributed by atoms with Crippen molar-refractivity contribution in [3.05, 3.63) is 59.4 Å². The molecular weight excluding hydrogens is 343 g/mol. The van der Waals surface area contributed by atoms with E-state index in [4.69, 9.17) is 4.74 Å². The monoisotopic (exact) mass is 370 g/mol. The lowest BCUT2D eigenvalue weighted by Crippen LogP contribution is -2.45. The van der Waals surface area contributed by atoms with Gasteiger partial charge in [0.25, 0.3) is 5.91 Å². The number of nitrogens with one attached hydrogen (secondary N) is 1. The Balaban J connectivity index is 1.64. The average molecular weight is 370 g/mol. The van der Waals surface area contributed by atoms with Gasteiger partial charge < -0.3 is 15.0 Å². The third kappa shape index (κ3) is 4.59. The second-order valence-electron chi connectivity index (χ2n) is 7.36. The van der Waals surface area contributed by atoms with E-state index >= 15 is 0 Å². The number of nitrogens with zero attached hydrogens (tertiary/aromatic N) is 1. The van der Waals surface area contributed by atoms with E-state index in [9.17, 15) is 9.18 Å². The summed E-state index contributed by atoms with van der Waals surface area (Å²) >= 11 is 0. The average Bonchev–Trinajstić information content (AvgIpc) is 2.68. The normalized spacial score (nSPS) is 17.1. The van der Waals surface area contributed by atoms with E-state index in [-0.39, 0.29) is 17.7 Å². The van der Waals surface area contributed by atoms with Gasteiger partial charge in [-0.15, -0.1) is 0 Å². The van der Waals surface area contributed by atoms with E-state index in [1.165, 1.54) is 24.8 Å². The second-order valence-corrected chi connectivity index (χ2v) is 7.36. The first-order chi connectivity index (χ1) is 13.0. The molecule has 27 heavy (non-hydrogen) atoms. The number of amides is 1. The van der Waals surface area contributed by atoms with Crippen LogP contribution in [0.3, 0.4) is 0 Å². The summed E-state index contributed by atoms with van der Waals surface area (Å²) in [5, 5.41) is 3.52. The van der Waals surface area contributed by atoms with Crippen LogP contribution < -0.4 is 10.1 Å². The van der Waals surface area contributed by atoms with E-state index in [2.05, 4.69) is 43.4 Å². The molecule has 144 valence electrons. The first-order valence-electron chi connectivity index (χ1n) is 9.47. The van der Waals surface area contributed by atoms with Gasteiger partial charge in [0, 0.05) is 30.4 Å². The molecule has 2 aromatic rings. The van der Waals surface area contributed by atoms with Crippen LogP contribution in [0.5, 0.6) is 5.75 Å². The zero-order chi connectivity index (χ0) is 19.4. The van der Waals surface area contributed by atoms with Gasteiger partial charge in [-0.1, -0.05) is 26.0 Å². The minimum atomic E-state index is -0.514. The number of hydrogen-bond acceptors (Lipinski definition) is 3. The van der Waals surface area contributed by atoms with Crippen LogP contribution in [0.15, 0.2) is 42.5 Å². The van der Waals surface area contributed by atoms with Crippen LogP contribution in [0.25, 0.3) is 0 Å². The lowest BCUT2D eigenvalue weighted by Gasteiger charge is -2.34. The fourth-order valence-electron chi connectivity index (χ4n) is 3.46. The van der Waals surface area contributed by atoms with Crippen LogP contribution in [0.1, 0.15) is 48.5 Å². The molecule has 3 rings (SSSR count). The summed E-state index contributed by atoms with van der Waals surface area (Å²) in [4.78, 5) is 14.6.